The number of hydrogen-bond donors (Lipinski definition) is 3. The van der Waals surface area contributed by atoms with Gasteiger partial charge in [0.2, 0.25) is 5.91 Å². The van der Waals surface area contributed by atoms with Crippen LogP contribution in [0.5, 0.6) is 0 Å². The van der Waals surface area contributed by atoms with E-state index in [4.69, 9.17) is 0 Å². The Balaban J connectivity index is 2.74. The van der Waals surface area contributed by atoms with E-state index in [2.05, 4.69) is 15.0 Å². The van der Waals surface area contributed by atoms with Crippen LogP contribution >= 0.6 is 0 Å². The zero-order valence-electron chi connectivity index (χ0n) is 12.3. The van der Waals surface area contributed by atoms with Crippen molar-refractivity contribution in [1.29, 1.82) is 0 Å². The van der Waals surface area contributed by atoms with E-state index in [-0.39, 0.29) is 24.6 Å². The molecule has 0 spiro atoms. The number of carbonyl (C=O) groups excluding carboxylic acids is 2. The molecule has 0 aliphatic heterocycles. The second kappa shape index (κ2) is 7.70. The van der Waals surface area contributed by atoms with Gasteiger partial charge in [0.05, 0.1) is 13.2 Å². The SMILES string of the molecule is COC(=O)c1ncc(C(O)C(O)CCNC(C)=O)cc1C. The van der Waals surface area contributed by atoms with Gasteiger partial charge in [-0.1, -0.05) is 0 Å². The first-order valence-electron chi connectivity index (χ1n) is 6.52. The Kier molecular flexibility index (Phi) is 6.26. The van der Waals surface area contributed by atoms with Crippen molar-refractivity contribution in [2.75, 3.05) is 13.7 Å². The Bertz CT molecular complexity index is 518. The van der Waals surface area contributed by atoms with Gasteiger partial charge in [-0.3, -0.25) is 4.79 Å². The number of pyridine rings is 1. The van der Waals surface area contributed by atoms with Crippen LogP contribution < -0.4 is 5.32 Å². The third-order valence-electron chi connectivity index (χ3n) is 3.00. The lowest BCUT2D eigenvalue weighted by atomic mass is 10.0. The molecule has 0 saturated carbocycles. The number of esters is 1. The topological polar surface area (TPSA) is 109 Å². The number of methoxy groups -OCH3 is 1. The molecule has 7 nitrogen and oxygen atoms in total. The van der Waals surface area contributed by atoms with E-state index in [0.29, 0.717) is 11.1 Å². The summed E-state index contributed by atoms with van der Waals surface area (Å²) in [6.45, 7) is 3.31. The molecule has 1 rings (SSSR count). The fourth-order valence-corrected chi connectivity index (χ4v) is 1.84. The molecular formula is C14H20N2O5. The Labute approximate surface area is 123 Å². The highest BCUT2D eigenvalue weighted by Crippen LogP contribution is 2.20. The number of ether oxygens (including phenoxy) is 1. The molecule has 0 radical (unpaired) electrons. The van der Waals surface area contributed by atoms with Crippen LogP contribution in [0.3, 0.4) is 0 Å². The molecule has 0 fully saturated rings. The summed E-state index contributed by atoms with van der Waals surface area (Å²) in [5.41, 5.74) is 1.11. The number of aliphatic hydroxyl groups is 2. The van der Waals surface area contributed by atoms with Crippen LogP contribution in [0.15, 0.2) is 12.3 Å². The lowest BCUT2D eigenvalue weighted by molar-refractivity contribution is -0.119. The van der Waals surface area contributed by atoms with Crippen molar-refractivity contribution in [3.05, 3.63) is 29.1 Å². The largest absolute Gasteiger partial charge is 0.464 e. The smallest absolute Gasteiger partial charge is 0.356 e. The minimum absolute atomic E-state index is 0.168. The van der Waals surface area contributed by atoms with E-state index in [1.807, 2.05) is 0 Å². The number of hydrogen-bond acceptors (Lipinski definition) is 6. The van der Waals surface area contributed by atoms with Gasteiger partial charge in [0, 0.05) is 25.2 Å². The molecule has 1 amide bonds. The van der Waals surface area contributed by atoms with Crippen LogP contribution in [-0.4, -0.2) is 46.8 Å². The lowest BCUT2D eigenvalue weighted by Crippen LogP contribution is -2.27. The summed E-state index contributed by atoms with van der Waals surface area (Å²) >= 11 is 0. The first-order chi connectivity index (χ1) is 9.86. The van der Waals surface area contributed by atoms with Crippen molar-refractivity contribution in [3.8, 4) is 0 Å². The first-order valence-corrected chi connectivity index (χ1v) is 6.52. The van der Waals surface area contributed by atoms with Crippen molar-refractivity contribution in [3.63, 3.8) is 0 Å². The van der Waals surface area contributed by atoms with Gasteiger partial charge in [-0.15, -0.1) is 0 Å². The van der Waals surface area contributed by atoms with E-state index in [1.165, 1.54) is 20.2 Å². The monoisotopic (exact) mass is 296 g/mol. The molecule has 116 valence electrons. The summed E-state index contributed by atoms with van der Waals surface area (Å²) in [5.74, 6) is -0.753. The highest BCUT2D eigenvalue weighted by Gasteiger charge is 2.20. The summed E-state index contributed by atoms with van der Waals surface area (Å²) in [7, 11) is 1.26. The normalized spacial score (nSPS) is 13.4. The predicted molar refractivity (Wildman–Crippen MR) is 74.6 cm³/mol. The predicted octanol–water partition coefficient (Wildman–Crippen LogP) is 0.0971. The minimum Gasteiger partial charge on any atom is -0.464 e. The number of carbonyl (C=O) groups is 2. The highest BCUT2D eigenvalue weighted by molar-refractivity contribution is 5.88. The third kappa shape index (κ3) is 4.80. The maximum atomic E-state index is 11.4. The van der Waals surface area contributed by atoms with Crippen LogP contribution in [0.25, 0.3) is 0 Å². The molecule has 0 aliphatic rings. The number of aromatic nitrogens is 1. The van der Waals surface area contributed by atoms with Gasteiger partial charge in [0.15, 0.2) is 5.69 Å². The second-order valence-electron chi connectivity index (χ2n) is 4.71. The van der Waals surface area contributed by atoms with Crippen LogP contribution in [0.4, 0.5) is 0 Å². The summed E-state index contributed by atoms with van der Waals surface area (Å²) in [6, 6.07) is 1.57. The number of rotatable bonds is 6. The summed E-state index contributed by atoms with van der Waals surface area (Å²) in [6.07, 6.45) is -0.650. The van der Waals surface area contributed by atoms with Gasteiger partial charge in [-0.25, -0.2) is 9.78 Å². The van der Waals surface area contributed by atoms with Crippen molar-refractivity contribution < 1.29 is 24.5 Å². The molecule has 1 heterocycles. The molecule has 2 unspecified atom stereocenters. The maximum Gasteiger partial charge on any atom is 0.356 e. The van der Waals surface area contributed by atoms with E-state index >= 15 is 0 Å². The Hall–Kier alpha value is -1.99. The Morgan fingerprint density at radius 3 is 2.62 bits per heavy atom. The molecule has 1 aromatic rings. The Morgan fingerprint density at radius 2 is 2.10 bits per heavy atom. The average Bonchev–Trinajstić information content (AvgIpc) is 2.45. The zero-order chi connectivity index (χ0) is 16.0. The maximum absolute atomic E-state index is 11.4. The van der Waals surface area contributed by atoms with Crippen LogP contribution in [0.1, 0.15) is 41.1 Å². The quantitative estimate of drug-likeness (QED) is 0.642. The van der Waals surface area contributed by atoms with Crippen LogP contribution in [0.2, 0.25) is 0 Å². The van der Waals surface area contributed by atoms with E-state index < -0.39 is 18.2 Å². The van der Waals surface area contributed by atoms with Gasteiger partial charge in [-0.2, -0.15) is 0 Å². The molecular weight excluding hydrogens is 276 g/mol. The number of nitrogens with zero attached hydrogens (tertiary/aromatic N) is 1. The first kappa shape index (κ1) is 17.1. The molecule has 0 saturated heterocycles. The second-order valence-corrected chi connectivity index (χ2v) is 4.71. The van der Waals surface area contributed by atoms with Crippen molar-refractivity contribution in [2.24, 2.45) is 0 Å². The van der Waals surface area contributed by atoms with Gasteiger partial charge < -0.3 is 20.3 Å². The van der Waals surface area contributed by atoms with Gasteiger partial charge in [-0.05, 0) is 25.0 Å². The van der Waals surface area contributed by atoms with E-state index in [1.54, 1.807) is 13.0 Å². The third-order valence-corrected chi connectivity index (χ3v) is 3.00. The number of aliphatic hydroxyl groups excluding tert-OH is 2. The van der Waals surface area contributed by atoms with Crippen molar-refractivity contribution >= 4 is 11.9 Å². The lowest BCUT2D eigenvalue weighted by Gasteiger charge is -2.18. The average molecular weight is 296 g/mol. The summed E-state index contributed by atoms with van der Waals surface area (Å²) in [5, 5.41) is 22.5. The minimum atomic E-state index is -1.14. The standard InChI is InChI=1S/C14H20N2O5/c1-8-6-10(7-16-12(8)14(20)21-3)13(19)11(18)4-5-15-9(2)17/h6-7,11,13,18-19H,4-5H2,1-3H3,(H,15,17). The molecule has 0 aliphatic carbocycles. The number of aryl methyl sites for hydroxylation is 1. The summed E-state index contributed by atoms with van der Waals surface area (Å²) in [4.78, 5) is 26.1. The number of amides is 1. The summed E-state index contributed by atoms with van der Waals surface area (Å²) < 4.78 is 4.59. The van der Waals surface area contributed by atoms with Crippen LogP contribution in [-0.2, 0) is 9.53 Å². The fraction of sp³-hybridized carbons (Fsp3) is 0.500. The highest BCUT2D eigenvalue weighted by atomic mass is 16.5. The molecule has 0 bridgehead atoms. The van der Waals surface area contributed by atoms with E-state index in [9.17, 15) is 19.8 Å². The fourth-order valence-electron chi connectivity index (χ4n) is 1.84. The van der Waals surface area contributed by atoms with Gasteiger partial charge in [0.25, 0.3) is 0 Å². The number of nitrogens with one attached hydrogen (secondary N) is 1. The zero-order valence-corrected chi connectivity index (χ0v) is 12.3. The van der Waals surface area contributed by atoms with Crippen LogP contribution in [0, 0.1) is 6.92 Å². The van der Waals surface area contributed by atoms with Crippen molar-refractivity contribution in [2.45, 2.75) is 32.5 Å². The van der Waals surface area contributed by atoms with Gasteiger partial charge >= 0.3 is 5.97 Å². The van der Waals surface area contributed by atoms with Gasteiger partial charge in [0.1, 0.15) is 6.10 Å². The Morgan fingerprint density at radius 1 is 1.43 bits per heavy atom. The van der Waals surface area contributed by atoms with Crippen molar-refractivity contribution in [1.82, 2.24) is 10.3 Å². The molecule has 21 heavy (non-hydrogen) atoms. The molecule has 0 aromatic carbocycles. The van der Waals surface area contributed by atoms with E-state index in [0.717, 1.165) is 0 Å². The molecule has 3 N–H and O–H groups in total. The molecule has 7 heteroatoms. The molecule has 1 aromatic heterocycles. The molecule has 2 atom stereocenters.